The second kappa shape index (κ2) is 3.86. The van der Waals surface area contributed by atoms with E-state index in [2.05, 4.69) is 4.98 Å². The van der Waals surface area contributed by atoms with Gasteiger partial charge in [0.25, 0.3) is 0 Å². The fourth-order valence-electron chi connectivity index (χ4n) is 1.67. The maximum absolute atomic E-state index is 10.7. The van der Waals surface area contributed by atoms with E-state index >= 15 is 0 Å². The summed E-state index contributed by atoms with van der Waals surface area (Å²) in [6, 6.07) is 4.87. The number of hydrogen-bond acceptors (Lipinski definition) is 4. The van der Waals surface area contributed by atoms with E-state index in [-0.39, 0.29) is 11.8 Å². The molecule has 0 amide bonds. The summed E-state index contributed by atoms with van der Waals surface area (Å²) >= 11 is 0. The minimum absolute atomic E-state index is 0.0360. The monoisotopic (exact) mass is 208 g/mol. The number of rotatable bonds is 2. The third kappa shape index (κ3) is 2.07. The lowest BCUT2D eigenvalue weighted by molar-refractivity contribution is 0.0690. The Hall–Kier alpha value is -1.62. The molecule has 1 aliphatic rings. The van der Waals surface area contributed by atoms with Gasteiger partial charge >= 0.3 is 5.97 Å². The average Bonchev–Trinajstić information content (AvgIpc) is 2.65. The van der Waals surface area contributed by atoms with Crippen molar-refractivity contribution in [2.75, 3.05) is 18.0 Å². The number of aromatic carboxylic acids is 1. The van der Waals surface area contributed by atoms with E-state index in [1.165, 1.54) is 6.07 Å². The second-order valence-electron chi connectivity index (χ2n) is 3.57. The zero-order valence-corrected chi connectivity index (χ0v) is 8.13. The van der Waals surface area contributed by atoms with Crippen molar-refractivity contribution >= 4 is 11.8 Å². The van der Waals surface area contributed by atoms with Crippen molar-refractivity contribution in [2.24, 2.45) is 0 Å². The molecule has 1 fully saturated rings. The Morgan fingerprint density at radius 3 is 2.93 bits per heavy atom. The van der Waals surface area contributed by atoms with E-state index in [0.717, 1.165) is 6.54 Å². The number of pyridine rings is 1. The van der Waals surface area contributed by atoms with Gasteiger partial charge in [-0.3, -0.25) is 0 Å². The number of carboxylic acids is 1. The molecule has 0 unspecified atom stereocenters. The first-order valence-corrected chi connectivity index (χ1v) is 4.80. The number of anilines is 1. The molecule has 1 atom stereocenters. The topological polar surface area (TPSA) is 73.7 Å². The van der Waals surface area contributed by atoms with Gasteiger partial charge in [-0.05, 0) is 18.6 Å². The van der Waals surface area contributed by atoms with Gasteiger partial charge in [-0.25, -0.2) is 9.78 Å². The highest BCUT2D eigenvalue weighted by Gasteiger charge is 2.21. The molecule has 0 bridgehead atoms. The van der Waals surface area contributed by atoms with E-state index in [1.54, 1.807) is 12.1 Å². The number of nitrogens with zero attached hydrogens (tertiary/aromatic N) is 2. The molecule has 0 spiro atoms. The molecule has 80 valence electrons. The number of carboxylic acid groups (broad SMARTS) is 1. The maximum Gasteiger partial charge on any atom is 0.354 e. The summed E-state index contributed by atoms with van der Waals surface area (Å²) in [7, 11) is 0. The van der Waals surface area contributed by atoms with Crippen LogP contribution in [0.4, 0.5) is 5.82 Å². The molecule has 0 aromatic carbocycles. The van der Waals surface area contributed by atoms with Gasteiger partial charge in [0.2, 0.25) is 0 Å². The SMILES string of the molecule is O=C(O)c1cccc(N2CC[C@H](O)C2)n1. The van der Waals surface area contributed by atoms with Crippen LogP contribution in [-0.2, 0) is 0 Å². The first kappa shape index (κ1) is 9.92. The van der Waals surface area contributed by atoms with Crippen LogP contribution in [0.1, 0.15) is 16.9 Å². The summed E-state index contributed by atoms with van der Waals surface area (Å²) in [6.07, 6.45) is 0.374. The molecular weight excluding hydrogens is 196 g/mol. The molecule has 1 saturated heterocycles. The minimum Gasteiger partial charge on any atom is -0.477 e. The molecule has 0 radical (unpaired) electrons. The molecule has 2 heterocycles. The molecule has 0 aliphatic carbocycles. The van der Waals surface area contributed by atoms with Crippen LogP contribution in [0.2, 0.25) is 0 Å². The predicted molar refractivity (Wildman–Crippen MR) is 54.0 cm³/mol. The van der Waals surface area contributed by atoms with Gasteiger partial charge < -0.3 is 15.1 Å². The van der Waals surface area contributed by atoms with Gasteiger partial charge in [0, 0.05) is 13.1 Å². The predicted octanol–water partition coefficient (Wildman–Crippen LogP) is 0.351. The first-order chi connectivity index (χ1) is 7.16. The van der Waals surface area contributed by atoms with Crippen LogP contribution in [0.15, 0.2) is 18.2 Å². The lowest BCUT2D eigenvalue weighted by Gasteiger charge is -2.16. The highest BCUT2D eigenvalue weighted by molar-refractivity contribution is 5.85. The van der Waals surface area contributed by atoms with Gasteiger partial charge in [0.1, 0.15) is 5.82 Å². The van der Waals surface area contributed by atoms with E-state index < -0.39 is 5.97 Å². The van der Waals surface area contributed by atoms with Gasteiger partial charge in [-0.1, -0.05) is 6.07 Å². The molecule has 5 heteroatoms. The normalized spacial score (nSPS) is 20.6. The van der Waals surface area contributed by atoms with Crippen LogP contribution in [0.5, 0.6) is 0 Å². The second-order valence-corrected chi connectivity index (χ2v) is 3.57. The Balaban J connectivity index is 2.21. The lowest BCUT2D eigenvalue weighted by Crippen LogP contribution is -2.22. The summed E-state index contributed by atoms with van der Waals surface area (Å²) in [5.41, 5.74) is 0.0360. The maximum atomic E-state index is 10.7. The number of aliphatic hydroxyl groups excluding tert-OH is 1. The van der Waals surface area contributed by atoms with E-state index in [9.17, 15) is 9.90 Å². The number of hydrogen-bond donors (Lipinski definition) is 2. The standard InChI is InChI=1S/C10H12N2O3/c13-7-4-5-12(6-7)9-3-1-2-8(11-9)10(14)15/h1-3,7,13H,4-6H2,(H,14,15)/t7-/m0/s1. The highest BCUT2D eigenvalue weighted by Crippen LogP contribution is 2.18. The number of carbonyl (C=O) groups is 1. The van der Waals surface area contributed by atoms with Crippen LogP contribution in [-0.4, -0.2) is 40.4 Å². The van der Waals surface area contributed by atoms with Crippen molar-refractivity contribution in [1.29, 1.82) is 0 Å². The molecule has 2 N–H and O–H groups in total. The van der Waals surface area contributed by atoms with Gasteiger partial charge in [0.05, 0.1) is 6.10 Å². The first-order valence-electron chi connectivity index (χ1n) is 4.80. The van der Waals surface area contributed by atoms with Crippen molar-refractivity contribution in [3.63, 3.8) is 0 Å². The van der Waals surface area contributed by atoms with E-state index in [0.29, 0.717) is 18.8 Å². The lowest BCUT2D eigenvalue weighted by atomic mass is 10.3. The number of aliphatic hydroxyl groups is 1. The van der Waals surface area contributed by atoms with Gasteiger partial charge in [-0.15, -0.1) is 0 Å². The zero-order valence-electron chi connectivity index (χ0n) is 8.13. The van der Waals surface area contributed by atoms with E-state index in [1.807, 2.05) is 4.90 Å². The smallest absolute Gasteiger partial charge is 0.354 e. The summed E-state index contributed by atoms with van der Waals surface area (Å²) < 4.78 is 0. The molecule has 5 nitrogen and oxygen atoms in total. The molecule has 1 aliphatic heterocycles. The summed E-state index contributed by atoms with van der Waals surface area (Å²) in [6.45, 7) is 1.24. The van der Waals surface area contributed by atoms with Crippen LogP contribution < -0.4 is 4.90 Å². The Labute approximate surface area is 87.0 Å². The third-order valence-corrected chi connectivity index (χ3v) is 2.44. The summed E-state index contributed by atoms with van der Waals surface area (Å²) in [4.78, 5) is 16.6. The van der Waals surface area contributed by atoms with Crippen molar-refractivity contribution < 1.29 is 15.0 Å². The Bertz CT molecular complexity index is 381. The molecule has 0 saturated carbocycles. The number of aromatic nitrogens is 1. The number of β-amino-alcohol motifs (C(OH)–C–C–N with tert-alkyl or cyclic N) is 1. The van der Waals surface area contributed by atoms with Crippen molar-refractivity contribution in [3.05, 3.63) is 23.9 Å². The largest absolute Gasteiger partial charge is 0.477 e. The molecule has 15 heavy (non-hydrogen) atoms. The molecule has 2 rings (SSSR count). The molecular formula is C10H12N2O3. The van der Waals surface area contributed by atoms with Crippen molar-refractivity contribution in [3.8, 4) is 0 Å². The minimum atomic E-state index is -1.03. The van der Waals surface area contributed by atoms with Gasteiger partial charge in [0.15, 0.2) is 5.69 Å². The van der Waals surface area contributed by atoms with Crippen LogP contribution in [0.25, 0.3) is 0 Å². The van der Waals surface area contributed by atoms with Crippen LogP contribution in [0, 0.1) is 0 Å². The fourth-order valence-corrected chi connectivity index (χ4v) is 1.67. The third-order valence-electron chi connectivity index (χ3n) is 2.44. The molecule has 1 aromatic heterocycles. The highest BCUT2D eigenvalue weighted by atomic mass is 16.4. The van der Waals surface area contributed by atoms with Crippen molar-refractivity contribution in [1.82, 2.24) is 4.98 Å². The Morgan fingerprint density at radius 1 is 1.53 bits per heavy atom. The Kier molecular flexibility index (Phi) is 2.55. The van der Waals surface area contributed by atoms with Gasteiger partial charge in [-0.2, -0.15) is 0 Å². The summed E-state index contributed by atoms with van der Waals surface area (Å²) in [5.74, 6) is -0.414. The van der Waals surface area contributed by atoms with Crippen LogP contribution >= 0.6 is 0 Å². The van der Waals surface area contributed by atoms with Crippen molar-refractivity contribution in [2.45, 2.75) is 12.5 Å². The average molecular weight is 208 g/mol. The zero-order chi connectivity index (χ0) is 10.8. The van der Waals surface area contributed by atoms with Crippen LogP contribution in [0.3, 0.4) is 0 Å². The van der Waals surface area contributed by atoms with E-state index in [4.69, 9.17) is 5.11 Å². The summed E-state index contributed by atoms with van der Waals surface area (Å²) in [5, 5.41) is 18.1. The fraction of sp³-hybridized carbons (Fsp3) is 0.400. The quantitative estimate of drug-likeness (QED) is 0.733. The Morgan fingerprint density at radius 2 is 2.33 bits per heavy atom. The molecule has 1 aromatic rings.